The maximum absolute atomic E-state index is 6.97. The third-order valence-corrected chi connectivity index (χ3v) is 5.43. The molecule has 2 unspecified atom stereocenters. The van der Waals surface area contributed by atoms with Crippen LogP contribution in [0, 0.1) is 0 Å². The number of fused-ring (bicyclic) bond motifs is 2. The summed E-state index contributed by atoms with van der Waals surface area (Å²) in [5.41, 5.74) is 17.0. The molecule has 4 rings (SSSR count). The van der Waals surface area contributed by atoms with Crippen LogP contribution < -0.4 is 11.5 Å². The third kappa shape index (κ3) is 3.05. The maximum Gasteiger partial charge on any atom is 0.109 e. The smallest absolute Gasteiger partial charge is 0.109 e. The van der Waals surface area contributed by atoms with E-state index in [-0.39, 0.29) is 5.92 Å². The van der Waals surface area contributed by atoms with Gasteiger partial charge < -0.3 is 16.5 Å². The molecule has 0 amide bonds. The van der Waals surface area contributed by atoms with Gasteiger partial charge in [0.1, 0.15) is 5.82 Å². The van der Waals surface area contributed by atoms with E-state index >= 15 is 0 Å². The van der Waals surface area contributed by atoms with Crippen molar-refractivity contribution in [3.05, 3.63) is 59.7 Å². The summed E-state index contributed by atoms with van der Waals surface area (Å²) in [6, 6.07) is 12.3. The van der Waals surface area contributed by atoms with Crippen molar-refractivity contribution in [3.63, 3.8) is 0 Å². The molecule has 3 aromatic rings. The Bertz CT molecular complexity index is 838. The molecule has 25 heavy (non-hydrogen) atoms. The van der Waals surface area contributed by atoms with Crippen LogP contribution in [0.3, 0.4) is 0 Å². The van der Waals surface area contributed by atoms with E-state index in [1.807, 2.05) is 36.5 Å². The number of aryl methyl sites for hydroxylation is 1. The number of pyridine rings is 1. The molecule has 0 bridgehead atoms. The zero-order valence-corrected chi connectivity index (χ0v) is 14.4. The molecule has 0 aliphatic heterocycles. The fraction of sp³-hybridized carbons (Fsp3) is 0.400. The molecule has 0 saturated heterocycles. The van der Waals surface area contributed by atoms with Crippen LogP contribution in [0.1, 0.15) is 42.3 Å². The Morgan fingerprint density at radius 1 is 1.20 bits per heavy atom. The van der Waals surface area contributed by atoms with Gasteiger partial charge in [-0.15, -0.1) is 0 Å². The number of H-pyrrole nitrogens is 1. The number of nitrogens with one attached hydrogen (secondary N) is 1. The van der Waals surface area contributed by atoms with E-state index in [4.69, 9.17) is 16.5 Å². The Morgan fingerprint density at radius 2 is 2.08 bits per heavy atom. The van der Waals surface area contributed by atoms with Crippen LogP contribution in [0.25, 0.3) is 11.0 Å². The molecule has 2 heterocycles. The van der Waals surface area contributed by atoms with Gasteiger partial charge in [0.15, 0.2) is 0 Å². The summed E-state index contributed by atoms with van der Waals surface area (Å²) >= 11 is 0. The monoisotopic (exact) mass is 335 g/mol. The molecule has 0 radical (unpaired) electrons. The van der Waals surface area contributed by atoms with Gasteiger partial charge in [-0.2, -0.15) is 0 Å². The summed E-state index contributed by atoms with van der Waals surface area (Å²) in [5.74, 6) is 1.15. The lowest BCUT2D eigenvalue weighted by Gasteiger charge is -2.39. The number of nitrogens with zero attached hydrogens (tertiary/aromatic N) is 2. The Hall–Kier alpha value is -2.24. The van der Waals surface area contributed by atoms with E-state index in [1.54, 1.807) is 0 Å². The highest BCUT2D eigenvalue weighted by molar-refractivity contribution is 5.74. The molecule has 5 nitrogen and oxygen atoms in total. The predicted molar refractivity (Wildman–Crippen MR) is 100 cm³/mol. The second kappa shape index (κ2) is 6.58. The molecule has 5 N–H and O–H groups in total. The van der Waals surface area contributed by atoms with E-state index in [0.717, 1.165) is 48.2 Å². The highest BCUT2D eigenvalue weighted by Gasteiger charge is 2.39. The first kappa shape index (κ1) is 16.2. The molecule has 5 heteroatoms. The average molecular weight is 335 g/mol. The first-order valence-corrected chi connectivity index (χ1v) is 9.06. The Balaban J connectivity index is 1.70. The van der Waals surface area contributed by atoms with E-state index in [0.29, 0.717) is 13.0 Å². The number of rotatable bonds is 5. The largest absolute Gasteiger partial charge is 0.342 e. The first-order valence-electron chi connectivity index (χ1n) is 9.06. The van der Waals surface area contributed by atoms with Crippen molar-refractivity contribution in [1.82, 2.24) is 15.0 Å². The van der Waals surface area contributed by atoms with Crippen molar-refractivity contribution in [2.24, 2.45) is 11.5 Å². The topological polar surface area (TPSA) is 93.6 Å². The summed E-state index contributed by atoms with van der Waals surface area (Å²) in [4.78, 5) is 12.8. The average Bonchev–Trinajstić information content (AvgIpc) is 3.03. The summed E-state index contributed by atoms with van der Waals surface area (Å²) in [7, 11) is 0. The Kier molecular flexibility index (Phi) is 4.27. The molecule has 1 aromatic carbocycles. The van der Waals surface area contributed by atoms with Crippen molar-refractivity contribution < 1.29 is 0 Å². The fourth-order valence-corrected chi connectivity index (χ4v) is 4.22. The summed E-state index contributed by atoms with van der Waals surface area (Å²) in [6.07, 6.45) is 6.60. The second-order valence-corrected chi connectivity index (χ2v) is 7.14. The van der Waals surface area contributed by atoms with Crippen molar-refractivity contribution in [2.75, 3.05) is 6.54 Å². The molecule has 130 valence electrons. The SMILES string of the molecule is NCCC(N)(Cc1nc2ccccc2[nH]1)C1CCCc2cccnc21. The molecule has 0 fully saturated rings. The van der Waals surface area contributed by atoms with E-state index in [2.05, 4.69) is 16.0 Å². The van der Waals surface area contributed by atoms with E-state index in [1.165, 1.54) is 5.56 Å². The van der Waals surface area contributed by atoms with E-state index in [9.17, 15) is 0 Å². The van der Waals surface area contributed by atoms with Crippen LogP contribution in [-0.4, -0.2) is 27.0 Å². The molecule has 0 saturated carbocycles. The number of aromatic amines is 1. The van der Waals surface area contributed by atoms with Crippen LogP contribution in [0.5, 0.6) is 0 Å². The number of nitrogens with two attached hydrogens (primary N) is 2. The maximum atomic E-state index is 6.97. The molecule has 2 atom stereocenters. The minimum absolute atomic E-state index is 0.217. The van der Waals surface area contributed by atoms with Crippen LogP contribution in [0.4, 0.5) is 0 Å². The van der Waals surface area contributed by atoms with Gasteiger partial charge in [-0.25, -0.2) is 4.98 Å². The number of hydrogen-bond donors (Lipinski definition) is 3. The normalized spacial score (nSPS) is 19.5. The van der Waals surface area contributed by atoms with Gasteiger partial charge in [0.25, 0.3) is 0 Å². The van der Waals surface area contributed by atoms with Gasteiger partial charge in [-0.05, 0) is 56.0 Å². The van der Waals surface area contributed by atoms with Crippen molar-refractivity contribution in [1.29, 1.82) is 0 Å². The first-order chi connectivity index (χ1) is 12.2. The highest BCUT2D eigenvalue weighted by atomic mass is 14.9. The minimum atomic E-state index is -0.438. The fourth-order valence-electron chi connectivity index (χ4n) is 4.22. The summed E-state index contributed by atoms with van der Waals surface area (Å²) in [5, 5.41) is 0. The number of hydrogen-bond acceptors (Lipinski definition) is 4. The summed E-state index contributed by atoms with van der Waals surface area (Å²) in [6.45, 7) is 0.565. The van der Waals surface area contributed by atoms with Gasteiger partial charge in [-0.3, -0.25) is 4.98 Å². The molecule has 1 aliphatic carbocycles. The standard InChI is InChI=1S/C20H25N5/c21-11-10-20(22,13-18-24-16-8-1-2-9-17(16)25-18)15-7-3-5-14-6-4-12-23-19(14)15/h1-2,4,6,8-9,12,15H,3,5,7,10-11,13,21-22H2,(H,24,25). The lowest BCUT2D eigenvalue weighted by molar-refractivity contribution is 0.285. The number of imidazole rings is 1. The highest BCUT2D eigenvalue weighted by Crippen LogP contribution is 2.39. The van der Waals surface area contributed by atoms with Crippen molar-refractivity contribution >= 4 is 11.0 Å². The quantitative estimate of drug-likeness (QED) is 0.668. The van der Waals surface area contributed by atoms with Gasteiger partial charge in [0, 0.05) is 29.8 Å². The molecule has 2 aromatic heterocycles. The number of para-hydroxylation sites is 2. The number of benzene rings is 1. The van der Waals surface area contributed by atoms with Gasteiger partial charge in [-0.1, -0.05) is 18.2 Å². The molecular weight excluding hydrogens is 310 g/mol. The molecule has 0 spiro atoms. The minimum Gasteiger partial charge on any atom is -0.342 e. The lowest BCUT2D eigenvalue weighted by atomic mass is 9.71. The lowest BCUT2D eigenvalue weighted by Crippen LogP contribution is -2.50. The zero-order chi connectivity index (χ0) is 17.3. The van der Waals surface area contributed by atoms with Crippen molar-refractivity contribution in [3.8, 4) is 0 Å². The second-order valence-electron chi connectivity index (χ2n) is 7.14. The van der Waals surface area contributed by atoms with Gasteiger partial charge >= 0.3 is 0 Å². The predicted octanol–water partition coefficient (Wildman–Crippen LogP) is 2.67. The van der Waals surface area contributed by atoms with Crippen LogP contribution in [0.15, 0.2) is 42.6 Å². The van der Waals surface area contributed by atoms with Gasteiger partial charge in [0.2, 0.25) is 0 Å². The van der Waals surface area contributed by atoms with Crippen LogP contribution in [0.2, 0.25) is 0 Å². The third-order valence-electron chi connectivity index (χ3n) is 5.43. The molecular formula is C20H25N5. The van der Waals surface area contributed by atoms with Gasteiger partial charge in [0.05, 0.1) is 11.0 Å². The zero-order valence-electron chi connectivity index (χ0n) is 14.4. The number of aromatic nitrogens is 3. The Morgan fingerprint density at radius 3 is 2.92 bits per heavy atom. The molecule has 1 aliphatic rings. The summed E-state index contributed by atoms with van der Waals surface area (Å²) < 4.78 is 0. The Labute approximate surface area is 147 Å². The van der Waals surface area contributed by atoms with Crippen LogP contribution in [-0.2, 0) is 12.8 Å². The van der Waals surface area contributed by atoms with Crippen molar-refractivity contribution in [2.45, 2.75) is 43.6 Å². The van der Waals surface area contributed by atoms with Crippen LogP contribution >= 0.6 is 0 Å². The van der Waals surface area contributed by atoms with E-state index < -0.39 is 5.54 Å².